The summed E-state index contributed by atoms with van der Waals surface area (Å²) in [6, 6.07) is 10.7. The van der Waals surface area contributed by atoms with Gasteiger partial charge in [-0.1, -0.05) is 29.8 Å². The predicted octanol–water partition coefficient (Wildman–Crippen LogP) is 4.73. The normalized spacial score (nSPS) is 10.6. The number of nitro benzene ring substituents is 1. The number of pyridine rings is 1. The average molecular weight is 319 g/mol. The number of fused-ring (bicyclic) bond motifs is 1. The van der Waals surface area contributed by atoms with E-state index in [-0.39, 0.29) is 16.5 Å². The van der Waals surface area contributed by atoms with Crippen LogP contribution in [0.15, 0.2) is 48.7 Å². The molecular weight excluding hydrogens is 311 g/mol. The highest BCUT2D eigenvalue weighted by molar-refractivity contribution is 6.32. The zero-order valence-corrected chi connectivity index (χ0v) is 11.7. The lowest BCUT2D eigenvalue weighted by molar-refractivity contribution is -0.385. The molecule has 0 amide bonds. The van der Waals surface area contributed by atoms with Crippen molar-refractivity contribution in [1.29, 1.82) is 0 Å². The number of ether oxygens (including phenoxy) is 1. The molecule has 0 unspecified atom stereocenters. The Balaban J connectivity index is 2.06. The summed E-state index contributed by atoms with van der Waals surface area (Å²) in [5.74, 6) is -0.749. The zero-order valence-electron chi connectivity index (χ0n) is 11.0. The summed E-state index contributed by atoms with van der Waals surface area (Å²) in [6.07, 6.45) is 1.42. The molecule has 3 aromatic rings. The smallest absolute Gasteiger partial charge is 0.316 e. The summed E-state index contributed by atoms with van der Waals surface area (Å²) < 4.78 is 18.7. The van der Waals surface area contributed by atoms with Crippen LogP contribution in [0.25, 0.3) is 10.9 Å². The van der Waals surface area contributed by atoms with Gasteiger partial charge in [0.2, 0.25) is 5.75 Å². The average Bonchev–Trinajstić information content (AvgIpc) is 2.49. The molecule has 110 valence electrons. The number of halogens is 2. The molecule has 0 aliphatic rings. The van der Waals surface area contributed by atoms with E-state index in [0.717, 1.165) is 23.0 Å². The van der Waals surface area contributed by atoms with E-state index in [2.05, 4.69) is 4.98 Å². The van der Waals surface area contributed by atoms with Crippen LogP contribution in [0.4, 0.5) is 10.1 Å². The first-order valence-electron chi connectivity index (χ1n) is 6.20. The van der Waals surface area contributed by atoms with Crippen molar-refractivity contribution in [2.75, 3.05) is 0 Å². The summed E-state index contributed by atoms with van der Waals surface area (Å²) >= 11 is 5.86. The molecule has 0 saturated carbocycles. The summed E-state index contributed by atoms with van der Waals surface area (Å²) in [4.78, 5) is 14.4. The van der Waals surface area contributed by atoms with Gasteiger partial charge in [-0.15, -0.1) is 0 Å². The molecule has 0 fully saturated rings. The van der Waals surface area contributed by atoms with Gasteiger partial charge >= 0.3 is 5.69 Å². The van der Waals surface area contributed by atoms with E-state index in [1.807, 2.05) is 24.3 Å². The third-order valence-corrected chi connectivity index (χ3v) is 3.25. The fraction of sp³-hybridized carbons (Fsp3) is 0. The van der Waals surface area contributed by atoms with Gasteiger partial charge in [-0.05, 0) is 18.2 Å². The van der Waals surface area contributed by atoms with Crippen molar-refractivity contribution in [2.45, 2.75) is 0 Å². The van der Waals surface area contributed by atoms with Gasteiger partial charge in [0, 0.05) is 5.39 Å². The minimum Gasteiger partial charge on any atom is -0.447 e. The van der Waals surface area contributed by atoms with Gasteiger partial charge < -0.3 is 4.74 Å². The molecule has 0 aliphatic carbocycles. The Morgan fingerprint density at radius 1 is 1.23 bits per heavy atom. The highest BCUT2D eigenvalue weighted by Gasteiger charge is 2.21. The number of benzene rings is 2. The number of aromatic nitrogens is 1. The Kier molecular flexibility index (Phi) is 3.60. The summed E-state index contributed by atoms with van der Waals surface area (Å²) in [5, 5.41) is 11.6. The van der Waals surface area contributed by atoms with Crippen LogP contribution in [-0.2, 0) is 0 Å². The van der Waals surface area contributed by atoms with E-state index in [1.165, 1.54) is 6.20 Å². The van der Waals surface area contributed by atoms with Crippen LogP contribution in [0, 0.1) is 15.9 Å². The third-order valence-electron chi connectivity index (χ3n) is 2.97. The largest absolute Gasteiger partial charge is 0.447 e. The molecule has 7 heteroatoms. The summed E-state index contributed by atoms with van der Waals surface area (Å²) in [5.41, 5.74) is 0.215. The standard InChI is InChI=1S/C15H8ClFN2O3/c16-12-6-10(17)7-14(19(20)21)15(12)22-11-5-9-3-1-2-4-13(9)18-8-11/h1-8H. The van der Waals surface area contributed by atoms with Crippen molar-refractivity contribution < 1.29 is 14.1 Å². The van der Waals surface area contributed by atoms with E-state index >= 15 is 0 Å². The zero-order chi connectivity index (χ0) is 15.7. The first kappa shape index (κ1) is 14.2. The Hall–Kier alpha value is -2.73. The molecule has 0 saturated heterocycles. The fourth-order valence-corrected chi connectivity index (χ4v) is 2.25. The molecule has 0 spiro atoms. The van der Waals surface area contributed by atoms with E-state index in [1.54, 1.807) is 6.07 Å². The van der Waals surface area contributed by atoms with Gasteiger partial charge in [-0.3, -0.25) is 15.1 Å². The topological polar surface area (TPSA) is 65.3 Å². The summed E-state index contributed by atoms with van der Waals surface area (Å²) in [6.45, 7) is 0. The molecular formula is C15H8ClFN2O3. The molecule has 2 aromatic carbocycles. The second-order valence-corrected chi connectivity index (χ2v) is 4.87. The molecule has 0 N–H and O–H groups in total. The lowest BCUT2D eigenvalue weighted by Crippen LogP contribution is -1.96. The number of hydrogen-bond acceptors (Lipinski definition) is 4. The lowest BCUT2D eigenvalue weighted by atomic mass is 10.2. The van der Waals surface area contributed by atoms with Crippen LogP contribution in [-0.4, -0.2) is 9.91 Å². The molecule has 0 bridgehead atoms. The highest BCUT2D eigenvalue weighted by atomic mass is 35.5. The lowest BCUT2D eigenvalue weighted by Gasteiger charge is -2.08. The van der Waals surface area contributed by atoms with Gasteiger partial charge in [-0.25, -0.2) is 4.39 Å². The molecule has 0 atom stereocenters. The minimum absolute atomic E-state index is 0.181. The third kappa shape index (κ3) is 2.68. The second-order valence-electron chi connectivity index (χ2n) is 4.46. The molecule has 0 radical (unpaired) electrons. The van der Waals surface area contributed by atoms with Crippen LogP contribution in [0.2, 0.25) is 5.02 Å². The van der Waals surface area contributed by atoms with Gasteiger partial charge in [0.1, 0.15) is 11.6 Å². The molecule has 3 rings (SSSR count). The van der Waals surface area contributed by atoms with Gasteiger partial charge in [0.05, 0.1) is 27.7 Å². The number of para-hydroxylation sites is 1. The maximum absolute atomic E-state index is 13.3. The molecule has 1 aromatic heterocycles. The van der Waals surface area contributed by atoms with Crippen LogP contribution >= 0.6 is 11.6 Å². The van der Waals surface area contributed by atoms with Crippen LogP contribution < -0.4 is 4.74 Å². The van der Waals surface area contributed by atoms with E-state index in [9.17, 15) is 14.5 Å². The molecule has 0 aliphatic heterocycles. The maximum atomic E-state index is 13.3. The summed E-state index contributed by atoms with van der Waals surface area (Å²) in [7, 11) is 0. The van der Waals surface area contributed by atoms with Gasteiger partial charge in [-0.2, -0.15) is 0 Å². The maximum Gasteiger partial charge on any atom is 0.316 e. The van der Waals surface area contributed by atoms with Crippen molar-refractivity contribution in [2.24, 2.45) is 0 Å². The highest BCUT2D eigenvalue weighted by Crippen LogP contribution is 2.39. The van der Waals surface area contributed by atoms with Crippen molar-refractivity contribution in [3.63, 3.8) is 0 Å². The van der Waals surface area contributed by atoms with E-state index < -0.39 is 16.4 Å². The monoisotopic (exact) mass is 318 g/mol. The Bertz CT molecular complexity index is 886. The molecule has 22 heavy (non-hydrogen) atoms. The van der Waals surface area contributed by atoms with Crippen molar-refractivity contribution in [1.82, 2.24) is 4.98 Å². The Morgan fingerprint density at radius 3 is 2.77 bits per heavy atom. The van der Waals surface area contributed by atoms with Crippen LogP contribution in [0.5, 0.6) is 11.5 Å². The number of nitrogens with zero attached hydrogens (tertiary/aromatic N) is 2. The number of hydrogen-bond donors (Lipinski definition) is 0. The second kappa shape index (κ2) is 5.57. The Labute approximate surface area is 129 Å². The molecule has 1 heterocycles. The van der Waals surface area contributed by atoms with Gasteiger partial charge in [0.15, 0.2) is 0 Å². The quantitative estimate of drug-likeness (QED) is 0.517. The van der Waals surface area contributed by atoms with Crippen molar-refractivity contribution >= 4 is 28.2 Å². The molecule has 5 nitrogen and oxygen atoms in total. The predicted molar refractivity (Wildman–Crippen MR) is 79.9 cm³/mol. The van der Waals surface area contributed by atoms with E-state index in [4.69, 9.17) is 16.3 Å². The van der Waals surface area contributed by atoms with Crippen molar-refractivity contribution in [3.05, 3.63) is 69.6 Å². The Morgan fingerprint density at radius 2 is 2.00 bits per heavy atom. The van der Waals surface area contributed by atoms with Gasteiger partial charge in [0.25, 0.3) is 0 Å². The first-order chi connectivity index (χ1) is 10.5. The van der Waals surface area contributed by atoms with E-state index in [0.29, 0.717) is 0 Å². The van der Waals surface area contributed by atoms with Crippen molar-refractivity contribution in [3.8, 4) is 11.5 Å². The van der Waals surface area contributed by atoms with Crippen LogP contribution in [0.3, 0.4) is 0 Å². The SMILES string of the molecule is O=[N+]([O-])c1cc(F)cc(Cl)c1Oc1cnc2ccccc2c1. The number of rotatable bonds is 3. The number of nitro groups is 1. The first-order valence-corrected chi connectivity index (χ1v) is 6.58. The van der Waals surface area contributed by atoms with Crippen LogP contribution in [0.1, 0.15) is 0 Å². The minimum atomic E-state index is -0.805. The fourth-order valence-electron chi connectivity index (χ4n) is 2.01.